The molecule has 0 fully saturated rings. The summed E-state index contributed by atoms with van der Waals surface area (Å²) in [5, 5.41) is 4.33. The predicted octanol–water partition coefficient (Wildman–Crippen LogP) is 3.33. The van der Waals surface area contributed by atoms with Gasteiger partial charge in [0.15, 0.2) is 0 Å². The fraction of sp³-hybridized carbons (Fsp3) is 0.150. The number of furan rings is 1. The summed E-state index contributed by atoms with van der Waals surface area (Å²) in [5.41, 5.74) is 1.32. The molecule has 2 aromatic carbocycles. The molecule has 1 aliphatic rings. The van der Waals surface area contributed by atoms with Gasteiger partial charge in [-0.3, -0.25) is 4.72 Å². The number of rotatable bonds is 6. The van der Waals surface area contributed by atoms with Crippen LogP contribution in [0.1, 0.15) is 23.8 Å². The Labute approximate surface area is 179 Å². The van der Waals surface area contributed by atoms with Crippen molar-refractivity contribution in [3.63, 3.8) is 0 Å². The molecule has 31 heavy (non-hydrogen) atoms. The van der Waals surface area contributed by atoms with E-state index in [-0.39, 0.29) is 11.3 Å². The largest absolute Gasteiger partial charge is 0.467 e. The third-order valence-corrected chi connectivity index (χ3v) is 6.90. The van der Waals surface area contributed by atoms with Gasteiger partial charge in [-0.2, -0.15) is 17.9 Å². The summed E-state index contributed by atoms with van der Waals surface area (Å²) in [6.45, 7) is 0. The number of hydrogen-bond acceptors (Lipinski definition) is 6. The van der Waals surface area contributed by atoms with Crippen molar-refractivity contribution in [3.8, 4) is 0 Å². The van der Waals surface area contributed by atoms with Gasteiger partial charge < -0.3 is 4.42 Å². The van der Waals surface area contributed by atoms with Gasteiger partial charge in [-0.15, -0.1) is 0 Å². The number of halogens is 1. The third-order valence-electron chi connectivity index (χ3n) is 4.60. The molecule has 1 aliphatic heterocycles. The minimum Gasteiger partial charge on any atom is -0.467 e. The summed E-state index contributed by atoms with van der Waals surface area (Å²) in [5.74, 6) is -0.155. The van der Waals surface area contributed by atoms with E-state index in [2.05, 4.69) is 9.82 Å². The first-order valence-electron chi connectivity index (χ1n) is 9.12. The second-order valence-corrected chi connectivity index (χ2v) is 10.5. The van der Waals surface area contributed by atoms with Crippen molar-refractivity contribution < 1.29 is 25.6 Å². The van der Waals surface area contributed by atoms with Crippen LogP contribution in [0.15, 0.2) is 81.3 Å². The summed E-state index contributed by atoms with van der Waals surface area (Å²) < 4.78 is 71.6. The van der Waals surface area contributed by atoms with Crippen LogP contribution in [0.3, 0.4) is 0 Å². The topological polar surface area (TPSA) is 109 Å². The molecule has 3 aromatic rings. The van der Waals surface area contributed by atoms with E-state index in [0.717, 1.165) is 22.8 Å². The van der Waals surface area contributed by atoms with Crippen molar-refractivity contribution in [1.82, 2.24) is 4.41 Å². The Balaban J connectivity index is 1.76. The maximum atomic E-state index is 13.3. The lowest BCUT2D eigenvalue weighted by Gasteiger charge is -2.21. The molecule has 4 rings (SSSR count). The highest BCUT2D eigenvalue weighted by Crippen LogP contribution is 2.37. The summed E-state index contributed by atoms with van der Waals surface area (Å²) in [6.07, 6.45) is 2.68. The second kappa shape index (κ2) is 7.82. The van der Waals surface area contributed by atoms with Crippen LogP contribution in [0.2, 0.25) is 0 Å². The number of anilines is 1. The number of hydrogen-bond donors (Lipinski definition) is 1. The highest BCUT2D eigenvalue weighted by molar-refractivity contribution is 7.92. The lowest BCUT2D eigenvalue weighted by Crippen LogP contribution is -2.27. The van der Waals surface area contributed by atoms with Gasteiger partial charge in [-0.05, 0) is 54.1 Å². The molecule has 1 N–H and O–H groups in total. The van der Waals surface area contributed by atoms with Gasteiger partial charge in [0.1, 0.15) is 17.6 Å². The van der Waals surface area contributed by atoms with Crippen molar-refractivity contribution in [2.24, 2.45) is 5.10 Å². The van der Waals surface area contributed by atoms with Crippen LogP contribution in [0.4, 0.5) is 10.1 Å². The number of benzene rings is 2. The zero-order valence-electron chi connectivity index (χ0n) is 16.3. The van der Waals surface area contributed by atoms with Crippen LogP contribution in [0.25, 0.3) is 0 Å². The number of hydrazone groups is 1. The van der Waals surface area contributed by atoms with E-state index in [4.69, 9.17) is 4.42 Å². The van der Waals surface area contributed by atoms with E-state index in [0.29, 0.717) is 22.7 Å². The fourth-order valence-corrected chi connectivity index (χ4v) is 5.24. The molecule has 1 aromatic heterocycles. The van der Waals surface area contributed by atoms with Crippen molar-refractivity contribution in [2.75, 3.05) is 11.0 Å². The van der Waals surface area contributed by atoms with Crippen molar-refractivity contribution in [2.45, 2.75) is 17.4 Å². The molecule has 0 radical (unpaired) electrons. The Morgan fingerprint density at radius 3 is 2.45 bits per heavy atom. The molecule has 0 bridgehead atoms. The maximum absolute atomic E-state index is 13.3. The Hall–Kier alpha value is -3.18. The van der Waals surface area contributed by atoms with Gasteiger partial charge in [0, 0.05) is 12.1 Å². The Kier molecular flexibility index (Phi) is 5.31. The van der Waals surface area contributed by atoms with Crippen molar-refractivity contribution in [1.29, 1.82) is 0 Å². The Bertz CT molecular complexity index is 1340. The summed E-state index contributed by atoms with van der Waals surface area (Å²) in [7, 11) is -7.58. The molecule has 1 atom stereocenters. The van der Waals surface area contributed by atoms with Crippen molar-refractivity contribution in [3.05, 3.63) is 84.1 Å². The summed E-state index contributed by atoms with van der Waals surface area (Å²) in [4.78, 5) is -0.108. The van der Waals surface area contributed by atoms with Gasteiger partial charge in [-0.25, -0.2) is 12.8 Å². The highest BCUT2D eigenvalue weighted by Gasteiger charge is 2.39. The number of sulfonamides is 2. The van der Waals surface area contributed by atoms with E-state index >= 15 is 0 Å². The molecule has 162 valence electrons. The Morgan fingerprint density at radius 1 is 1.06 bits per heavy atom. The molecule has 1 unspecified atom stereocenters. The average molecular weight is 464 g/mol. The lowest BCUT2D eigenvalue weighted by atomic mass is 10.0. The van der Waals surface area contributed by atoms with Crippen LogP contribution < -0.4 is 4.72 Å². The Morgan fingerprint density at radius 2 is 1.81 bits per heavy atom. The maximum Gasteiger partial charge on any atom is 0.279 e. The predicted molar refractivity (Wildman–Crippen MR) is 113 cm³/mol. The quantitative estimate of drug-likeness (QED) is 0.603. The van der Waals surface area contributed by atoms with Crippen LogP contribution >= 0.6 is 0 Å². The third kappa shape index (κ3) is 4.47. The van der Waals surface area contributed by atoms with Gasteiger partial charge in [0.2, 0.25) is 10.0 Å². The zero-order valence-corrected chi connectivity index (χ0v) is 17.9. The van der Waals surface area contributed by atoms with Gasteiger partial charge >= 0.3 is 0 Å². The first-order valence-corrected chi connectivity index (χ1v) is 12.5. The van der Waals surface area contributed by atoms with Crippen LogP contribution in [0, 0.1) is 5.82 Å². The number of nitrogens with zero attached hydrogens (tertiary/aromatic N) is 2. The van der Waals surface area contributed by atoms with E-state index in [1.807, 2.05) is 0 Å². The van der Waals surface area contributed by atoms with Crippen molar-refractivity contribution >= 4 is 31.4 Å². The van der Waals surface area contributed by atoms with Crippen LogP contribution in [-0.4, -0.2) is 33.2 Å². The summed E-state index contributed by atoms with van der Waals surface area (Å²) >= 11 is 0. The molecule has 8 nitrogen and oxygen atoms in total. The van der Waals surface area contributed by atoms with Gasteiger partial charge in [-0.1, -0.05) is 12.1 Å². The number of nitrogens with one attached hydrogen (secondary N) is 1. The normalized spacial score (nSPS) is 16.9. The molecule has 0 aliphatic carbocycles. The molecule has 0 spiro atoms. The standard InChI is InChI=1S/C20H18FN3O5S2/c1-30(25,26)23-16-5-2-4-14(12-16)18-13-19(20-6-3-11-29-20)24(22-18)31(27,28)17-9-7-15(21)8-10-17/h2-12,19,23H,13H2,1H3. The van der Waals surface area contributed by atoms with Gasteiger partial charge in [0.05, 0.1) is 23.1 Å². The molecule has 0 saturated carbocycles. The molecule has 0 saturated heterocycles. The van der Waals surface area contributed by atoms with E-state index in [1.165, 1.54) is 18.4 Å². The van der Waals surface area contributed by atoms with E-state index in [1.54, 1.807) is 36.4 Å². The molecular weight excluding hydrogens is 445 g/mol. The zero-order chi connectivity index (χ0) is 22.2. The van der Waals surface area contributed by atoms with E-state index < -0.39 is 31.9 Å². The SMILES string of the molecule is CS(=O)(=O)Nc1cccc(C2=NN(S(=O)(=O)c3ccc(F)cc3)C(c3ccco3)C2)c1. The lowest BCUT2D eigenvalue weighted by molar-refractivity contribution is 0.320. The molecule has 11 heteroatoms. The minimum absolute atomic E-state index is 0.108. The summed E-state index contributed by atoms with van der Waals surface area (Å²) in [6, 6.07) is 13.5. The first-order chi connectivity index (χ1) is 14.6. The molecule has 0 amide bonds. The second-order valence-electron chi connectivity index (χ2n) is 6.97. The fourth-order valence-electron chi connectivity index (χ4n) is 3.27. The first kappa shape index (κ1) is 21.1. The monoisotopic (exact) mass is 463 g/mol. The smallest absolute Gasteiger partial charge is 0.279 e. The van der Waals surface area contributed by atoms with E-state index in [9.17, 15) is 21.2 Å². The molecule has 2 heterocycles. The van der Waals surface area contributed by atoms with Crippen LogP contribution in [0.5, 0.6) is 0 Å². The average Bonchev–Trinajstić information content (AvgIpc) is 3.37. The minimum atomic E-state index is -4.10. The highest BCUT2D eigenvalue weighted by atomic mass is 32.2. The van der Waals surface area contributed by atoms with Gasteiger partial charge in [0.25, 0.3) is 10.0 Å². The molecular formula is C20H18FN3O5S2. The van der Waals surface area contributed by atoms with Crippen LogP contribution in [-0.2, 0) is 20.0 Å².